The largest absolute Gasteiger partial charge is 0.396 e. The van der Waals surface area contributed by atoms with Crippen molar-refractivity contribution in [2.24, 2.45) is 5.92 Å². The van der Waals surface area contributed by atoms with E-state index in [1.54, 1.807) is 0 Å². The van der Waals surface area contributed by atoms with Gasteiger partial charge in [-0.3, -0.25) is 4.79 Å². The molecule has 0 radical (unpaired) electrons. The molecule has 80 valence electrons. The van der Waals surface area contributed by atoms with Crippen LogP contribution in [0, 0.1) is 5.92 Å². The molecule has 1 aliphatic heterocycles. The van der Waals surface area contributed by atoms with Crippen molar-refractivity contribution >= 4 is 5.91 Å². The van der Waals surface area contributed by atoms with Crippen molar-refractivity contribution < 1.29 is 9.90 Å². The zero-order valence-electron chi connectivity index (χ0n) is 8.38. The van der Waals surface area contributed by atoms with Gasteiger partial charge in [-0.2, -0.15) is 0 Å². The van der Waals surface area contributed by atoms with Gasteiger partial charge < -0.3 is 15.7 Å². The van der Waals surface area contributed by atoms with Crippen molar-refractivity contribution in [3.63, 3.8) is 0 Å². The third kappa shape index (κ3) is 1.91. The molecular weight excluding hydrogens is 180 g/mol. The first-order valence-corrected chi connectivity index (χ1v) is 5.37. The molecule has 1 aliphatic carbocycles. The number of amides is 1. The number of aliphatic hydroxyl groups is 1. The molecule has 3 N–H and O–H groups in total. The molecule has 2 aliphatic rings. The van der Waals surface area contributed by atoms with Crippen LogP contribution in [-0.2, 0) is 4.79 Å². The van der Waals surface area contributed by atoms with Crippen LogP contribution in [0.25, 0.3) is 0 Å². The summed E-state index contributed by atoms with van der Waals surface area (Å²) in [6, 6.07) is 0. The minimum Gasteiger partial charge on any atom is -0.396 e. The van der Waals surface area contributed by atoms with Gasteiger partial charge in [0.2, 0.25) is 5.91 Å². The van der Waals surface area contributed by atoms with E-state index in [1.165, 1.54) is 0 Å². The Balaban J connectivity index is 1.89. The molecule has 1 saturated carbocycles. The van der Waals surface area contributed by atoms with E-state index in [4.69, 9.17) is 5.11 Å². The normalized spacial score (nSPS) is 38.4. The number of rotatable bonds is 1. The highest BCUT2D eigenvalue weighted by Gasteiger charge is 2.37. The van der Waals surface area contributed by atoms with E-state index in [1.807, 2.05) is 0 Å². The van der Waals surface area contributed by atoms with Crippen LogP contribution in [0.1, 0.15) is 25.7 Å². The molecule has 4 nitrogen and oxygen atoms in total. The van der Waals surface area contributed by atoms with Gasteiger partial charge in [0.05, 0.1) is 6.54 Å². The Morgan fingerprint density at radius 2 is 2.14 bits per heavy atom. The van der Waals surface area contributed by atoms with E-state index in [2.05, 4.69) is 10.6 Å². The van der Waals surface area contributed by atoms with E-state index >= 15 is 0 Å². The minimum absolute atomic E-state index is 0.0971. The van der Waals surface area contributed by atoms with Crippen LogP contribution < -0.4 is 10.6 Å². The first-order valence-electron chi connectivity index (χ1n) is 5.37. The Morgan fingerprint density at radius 1 is 1.43 bits per heavy atom. The maximum Gasteiger partial charge on any atom is 0.234 e. The van der Waals surface area contributed by atoms with Crippen molar-refractivity contribution in [3.8, 4) is 0 Å². The van der Waals surface area contributed by atoms with Crippen LogP contribution in [0.3, 0.4) is 0 Å². The van der Waals surface area contributed by atoms with Crippen LogP contribution in [0.5, 0.6) is 0 Å². The van der Waals surface area contributed by atoms with Crippen molar-refractivity contribution in [1.29, 1.82) is 0 Å². The number of aliphatic hydroxyl groups excluding tert-OH is 1. The maximum absolute atomic E-state index is 11.0. The molecular formula is C10H18N2O2. The van der Waals surface area contributed by atoms with Crippen molar-refractivity contribution in [3.05, 3.63) is 0 Å². The monoisotopic (exact) mass is 198 g/mol. The predicted molar refractivity (Wildman–Crippen MR) is 52.8 cm³/mol. The van der Waals surface area contributed by atoms with Crippen LogP contribution in [0.4, 0.5) is 0 Å². The third-order valence-electron chi connectivity index (χ3n) is 3.57. The summed E-state index contributed by atoms with van der Waals surface area (Å²) in [5, 5.41) is 15.3. The lowest BCUT2D eigenvalue weighted by Gasteiger charge is -2.43. The Kier molecular flexibility index (Phi) is 2.74. The van der Waals surface area contributed by atoms with Gasteiger partial charge in [0, 0.05) is 18.7 Å². The predicted octanol–water partition coefficient (Wildman–Crippen LogP) is -0.373. The third-order valence-corrected chi connectivity index (χ3v) is 3.57. The number of nitrogens with one attached hydrogen (secondary N) is 2. The first-order chi connectivity index (χ1) is 6.74. The Labute approximate surface area is 84.1 Å². The standard InChI is InChI=1S/C10H18N2O2/c13-6-8-1-3-10(4-2-8)7-11-9(14)5-12-10/h8,12-13H,1-7H2,(H,11,14). The van der Waals surface area contributed by atoms with Crippen LogP contribution in [0.15, 0.2) is 0 Å². The van der Waals surface area contributed by atoms with Gasteiger partial charge in [0.25, 0.3) is 0 Å². The van der Waals surface area contributed by atoms with Gasteiger partial charge in [-0.25, -0.2) is 0 Å². The molecule has 0 unspecified atom stereocenters. The highest BCUT2D eigenvalue weighted by molar-refractivity contribution is 5.79. The molecule has 0 bridgehead atoms. The molecule has 2 rings (SSSR count). The van der Waals surface area contributed by atoms with E-state index in [0.717, 1.165) is 32.2 Å². The Bertz CT molecular complexity index is 210. The lowest BCUT2D eigenvalue weighted by molar-refractivity contribution is -0.123. The first kappa shape index (κ1) is 9.93. The fourth-order valence-corrected chi connectivity index (χ4v) is 2.43. The Hall–Kier alpha value is -0.610. The molecule has 2 fully saturated rings. The fourth-order valence-electron chi connectivity index (χ4n) is 2.43. The number of hydrogen-bond donors (Lipinski definition) is 3. The SMILES string of the molecule is O=C1CNC2(CCC(CO)CC2)CN1. The van der Waals surface area contributed by atoms with Crippen molar-refractivity contribution in [2.45, 2.75) is 31.2 Å². The zero-order chi connectivity index (χ0) is 10.0. The second-order valence-corrected chi connectivity index (χ2v) is 4.54. The quantitative estimate of drug-likeness (QED) is 0.538. The van der Waals surface area contributed by atoms with Gasteiger partial charge in [0.1, 0.15) is 0 Å². The van der Waals surface area contributed by atoms with Crippen LogP contribution in [0.2, 0.25) is 0 Å². The van der Waals surface area contributed by atoms with E-state index in [-0.39, 0.29) is 11.4 Å². The second kappa shape index (κ2) is 3.87. The van der Waals surface area contributed by atoms with Gasteiger partial charge in [0.15, 0.2) is 0 Å². The van der Waals surface area contributed by atoms with Crippen LogP contribution in [-0.4, -0.2) is 36.2 Å². The highest BCUT2D eigenvalue weighted by atomic mass is 16.3. The summed E-state index contributed by atoms with van der Waals surface area (Å²) in [5.74, 6) is 0.569. The average Bonchev–Trinajstić information content (AvgIpc) is 2.24. The minimum atomic E-state index is 0.0971. The molecule has 1 amide bonds. The molecule has 4 heteroatoms. The van der Waals surface area contributed by atoms with E-state index < -0.39 is 0 Å². The van der Waals surface area contributed by atoms with Gasteiger partial charge in [-0.15, -0.1) is 0 Å². The maximum atomic E-state index is 11.0. The lowest BCUT2D eigenvalue weighted by Crippen LogP contribution is -2.62. The van der Waals surface area contributed by atoms with Gasteiger partial charge in [-0.1, -0.05) is 0 Å². The summed E-state index contributed by atoms with van der Waals surface area (Å²) in [4.78, 5) is 11.0. The highest BCUT2D eigenvalue weighted by Crippen LogP contribution is 2.32. The molecule has 0 atom stereocenters. The Morgan fingerprint density at radius 3 is 2.64 bits per heavy atom. The molecule has 0 aromatic carbocycles. The summed E-state index contributed by atoms with van der Waals surface area (Å²) in [6.45, 7) is 1.51. The van der Waals surface area contributed by atoms with Gasteiger partial charge in [-0.05, 0) is 31.6 Å². The van der Waals surface area contributed by atoms with Crippen molar-refractivity contribution in [1.82, 2.24) is 10.6 Å². The van der Waals surface area contributed by atoms with Gasteiger partial charge >= 0.3 is 0 Å². The molecule has 1 saturated heterocycles. The fraction of sp³-hybridized carbons (Fsp3) is 0.900. The second-order valence-electron chi connectivity index (χ2n) is 4.54. The molecule has 1 spiro atoms. The summed E-state index contributed by atoms with van der Waals surface area (Å²) in [5.41, 5.74) is 0.125. The van der Waals surface area contributed by atoms with Crippen LogP contribution >= 0.6 is 0 Å². The zero-order valence-corrected chi connectivity index (χ0v) is 8.38. The molecule has 0 aromatic heterocycles. The number of hydrogen-bond acceptors (Lipinski definition) is 3. The summed E-state index contributed by atoms with van der Waals surface area (Å²) in [6.07, 6.45) is 4.27. The lowest BCUT2D eigenvalue weighted by atomic mass is 9.76. The number of carbonyl (C=O) groups excluding carboxylic acids is 1. The summed E-state index contributed by atoms with van der Waals surface area (Å²) >= 11 is 0. The molecule has 1 heterocycles. The molecule has 14 heavy (non-hydrogen) atoms. The van der Waals surface area contributed by atoms with E-state index in [0.29, 0.717) is 19.1 Å². The number of piperazine rings is 1. The van der Waals surface area contributed by atoms with E-state index in [9.17, 15) is 4.79 Å². The average molecular weight is 198 g/mol. The summed E-state index contributed by atoms with van der Waals surface area (Å²) < 4.78 is 0. The smallest absolute Gasteiger partial charge is 0.234 e. The van der Waals surface area contributed by atoms with Crippen molar-refractivity contribution in [2.75, 3.05) is 19.7 Å². The topological polar surface area (TPSA) is 61.4 Å². The number of carbonyl (C=O) groups is 1. The summed E-state index contributed by atoms with van der Waals surface area (Å²) in [7, 11) is 0. The molecule has 0 aromatic rings.